The Labute approximate surface area is 117 Å². The summed E-state index contributed by atoms with van der Waals surface area (Å²) in [6, 6.07) is 5.34. The molecule has 4 nitrogen and oxygen atoms in total. The molecule has 0 amide bonds. The lowest BCUT2D eigenvalue weighted by molar-refractivity contribution is -0.139. The number of anilines is 1. The van der Waals surface area contributed by atoms with E-state index in [1.165, 1.54) is 12.1 Å². The minimum absolute atomic E-state index is 0.238. The van der Waals surface area contributed by atoms with Crippen molar-refractivity contribution in [1.29, 1.82) is 5.26 Å². The molecule has 0 aliphatic carbocycles. The van der Waals surface area contributed by atoms with E-state index in [4.69, 9.17) is 5.26 Å². The van der Waals surface area contributed by atoms with E-state index in [1.807, 2.05) is 13.0 Å². The molecule has 1 heterocycles. The van der Waals surface area contributed by atoms with E-state index in [1.54, 1.807) is 4.90 Å². The van der Waals surface area contributed by atoms with Crippen molar-refractivity contribution in [2.45, 2.75) is 32.2 Å². The molecule has 20 heavy (non-hydrogen) atoms. The number of benzene rings is 1. The van der Waals surface area contributed by atoms with Crippen molar-refractivity contribution >= 4 is 11.7 Å². The lowest BCUT2D eigenvalue weighted by Crippen LogP contribution is -2.47. The van der Waals surface area contributed by atoms with Gasteiger partial charge in [0.05, 0.1) is 17.3 Å². The summed E-state index contributed by atoms with van der Waals surface area (Å²) in [4.78, 5) is 13.0. The normalized spacial score (nSPS) is 22.4. The van der Waals surface area contributed by atoms with Gasteiger partial charge in [-0.1, -0.05) is 13.3 Å². The predicted octanol–water partition coefficient (Wildman–Crippen LogP) is 2.78. The molecule has 0 radical (unpaired) electrons. The second-order valence-electron chi connectivity index (χ2n) is 5.12. The van der Waals surface area contributed by atoms with Crippen LogP contribution in [0.5, 0.6) is 0 Å². The minimum Gasteiger partial charge on any atom is -0.480 e. The quantitative estimate of drug-likeness (QED) is 0.922. The molecule has 0 aromatic heterocycles. The maximum Gasteiger partial charge on any atom is 0.326 e. The molecule has 106 valence electrons. The molecule has 2 rings (SSSR count). The number of rotatable bonds is 3. The average molecular weight is 276 g/mol. The summed E-state index contributed by atoms with van der Waals surface area (Å²) in [6.45, 7) is 2.57. The van der Waals surface area contributed by atoms with Gasteiger partial charge in [0.2, 0.25) is 0 Å². The smallest absolute Gasteiger partial charge is 0.326 e. The summed E-state index contributed by atoms with van der Waals surface area (Å²) in [5.74, 6) is -1.09. The minimum atomic E-state index is -0.924. The van der Waals surface area contributed by atoms with Crippen LogP contribution in [-0.4, -0.2) is 23.7 Å². The third-order valence-corrected chi connectivity index (χ3v) is 3.96. The van der Waals surface area contributed by atoms with E-state index < -0.39 is 17.8 Å². The Morgan fingerprint density at radius 1 is 1.60 bits per heavy atom. The Kier molecular flexibility index (Phi) is 4.23. The maximum atomic E-state index is 14.1. The fourth-order valence-corrected chi connectivity index (χ4v) is 2.74. The molecule has 0 saturated carbocycles. The van der Waals surface area contributed by atoms with Crippen LogP contribution in [0.4, 0.5) is 10.1 Å². The van der Waals surface area contributed by atoms with Crippen LogP contribution in [0.3, 0.4) is 0 Å². The first kappa shape index (κ1) is 14.3. The first-order chi connectivity index (χ1) is 9.56. The van der Waals surface area contributed by atoms with Crippen LogP contribution in [0.2, 0.25) is 0 Å². The van der Waals surface area contributed by atoms with Crippen molar-refractivity contribution in [3.05, 3.63) is 29.6 Å². The standard InChI is InChI=1S/C15H17FN2O2/c1-2-10-5-6-18(14(8-10)15(19)20)13-4-3-11(9-17)7-12(13)16/h3-4,7,10,14H,2,5-6,8H2,1H3,(H,19,20). The number of nitriles is 1. The maximum absolute atomic E-state index is 14.1. The highest BCUT2D eigenvalue weighted by molar-refractivity contribution is 5.78. The van der Waals surface area contributed by atoms with Crippen LogP contribution in [0.25, 0.3) is 0 Å². The molecule has 1 aromatic carbocycles. The second-order valence-corrected chi connectivity index (χ2v) is 5.12. The number of carbonyl (C=O) groups is 1. The Hall–Kier alpha value is -2.09. The van der Waals surface area contributed by atoms with Crippen LogP contribution in [0.15, 0.2) is 18.2 Å². The van der Waals surface area contributed by atoms with Crippen molar-refractivity contribution in [3.63, 3.8) is 0 Å². The molecule has 1 aliphatic heterocycles. The lowest BCUT2D eigenvalue weighted by Gasteiger charge is -2.38. The SMILES string of the molecule is CCC1CCN(c2ccc(C#N)cc2F)C(C(=O)O)C1. The molecule has 1 N–H and O–H groups in total. The van der Waals surface area contributed by atoms with Crippen LogP contribution in [0, 0.1) is 23.1 Å². The summed E-state index contributed by atoms with van der Waals surface area (Å²) >= 11 is 0. The van der Waals surface area contributed by atoms with Crippen LogP contribution in [-0.2, 0) is 4.79 Å². The Morgan fingerprint density at radius 3 is 2.90 bits per heavy atom. The number of halogens is 1. The van der Waals surface area contributed by atoms with E-state index in [9.17, 15) is 14.3 Å². The van der Waals surface area contributed by atoms with Gasteiger partial charge in [0.1, 0.15) is 11.9 Å². The molecule has 0 spiro atoms. The van der Waals surface area contributed by atoms with Crippen molar-refractivity contribution < 1.29 is 14.3 Å². The summed E-state index contributed by atoms with van der Waals surface area (Å²) in [6.07, 6.45) is 2.33. The van der Waals surface area contributed by atoms with Gasteiger partial charge in [-0.25, -0.2) is 9.18 Å². The zero-order valence-corrected chi connectivity index (χ0v) is 11.3. The molecule has 1 aliphatic rings. The van der Waals surface area contributed by atoms with Crippen LogP contribution < -0.4 is 4.90 Å². The monoisotopic (exact) mass is 276 g/mol. The molecule has 2 unspecified atom stereocenters. The van der Waals surface area contributed by atoms with Crippen LogP contribution >= 0.6 is 0 Å². The summed E-state index contributed by atoms with van der Waals surface area (Å²) < 4.78 is 14.1. The van der Waals surface area contributed by atoms with Gasteiger partial charge in [-0.3, -0.25) is 0 Å². The molecule has 1 saturated heterocycles. The summed E-state index contributed by atoms with van der Waals surface area (Å²) in [5, 5.41) is 18.1. The van der Waals surface area contributed by atoms with Gasteiger partial charge >= 0.3 is 5.97 Å². The fourth-order valence-electron chi connectivity index (χ4n) is 2.74. The van der Waals surface area contributed by atoms with Crippen molar-refractivity contribution in [3.8, 4) is 6.07 Å². The van der Waals surface area contributed by atoms with Crippen molar-refractivity contribution in [1.82, 2.24) is 0 Å². The van der Waals surface area contributed by atoms with Gasteiger partial charge in [0, 0.05) is 6.54 Å². The van der Waals surface area contributed by atoms with Crippen LogP contribution in [0.1, 0.15) is 31.7 Å². The average Bonchev–Trinajstić information content (AvgIpc) is 2.46. The molecule has 5 heteroatoms. The number of hydrogen-bond donors (Lipinski definition) is 1. The van der Waals surface area contributed by atoms with E-state index in [-0.39, 0.29) is 11.3 Å². The largest absolute Gasteiger partial charge is 0.480 e. The molecular formula is C15H17FN2O2. The predicted molar refractivity (Wildman–Crippen MR) is 72.9 cm³/mol. The molecule has 0 bridgehead atoms. The third kappa shape index (κ3) is 2.74. The molecule has 2 atom stereocenters. The van der Waals surface area contributed by atoms with E-state index >= 15 is 0 Å². The van der Waals surface area contributed by atoms with Crippen molar-refractivity contribution in [2.24, 2.45) is 5.92 Å². The van der Waals surface area contributed by atoms with E-state index in [0.717, 1.165) is 18.9 Å². The molecular weight excluding hydrogens is 259 g/mol. The molecule has 1 aromatic rings. The highest BCUT2D eigenvalue weighted by atomic mass is 19.1. The van der Waals surface area contributed by atoms with Gasteiger partial charge in [-0.05, 0) is 37.0 Å². The number of carboxylic acid groups (broad SMARTS) is 1. The van der Waals surface area contributed by atoms with Gasteiger partial charge in [0.25, 0.3) is 0 Å². The Bertz CT molecular complexity index is 553. The molecule has 1 fully saturated rings. The van der Waals surface area contributed by atoms with Gasteiger partial charge in [0.15, 0.2) is 0 Å². The fraction of sp³-hybridized carbons (Fsp3) is 0.467. The van der Waals surface area contributed by atoms with E-state index in [2.05, 4.69) is 0 Å². The summed E-state index contributed by atoms with van der Waals surface area (Å²) in [7, 11) is 0. The first-order valence-corrected chi connectivity index (χ1v) is 6.76. The number of hydrogen-bond acceptors (Lipinski definition) is 3. The first-order valence-electron chi connectivity index (χ1n) is 6.76. The Morgan fingerprint density at radius 2 is 2.35 bits per heavy atom. The zero-order valence-electron chi connectivity index (χ0n) is 11.3. The van der Waals surface area contributed by atoms with E-state index in [0.29, 0.717) is 18.9 Å². The highest BCUT2D eigenvalue weighted by Gasteiger charge is 2.33. The third-order valence-electron chi connectivity index (χ3n) is 3.96. The van der Waals surface area contributed by atoms with Gasteiger partial charge < -0.3 is 10.0 Å². The number of carboxylic acids is 1. The van der Waals surface area contributed by atoms with Crippen molar-refractivity contribution in [2.75, 3.05) is 11.4 Å². The number of piperidine rings is 1. The number of nitrogens with zero attached hydrogens (tertiary/aromatic N) is 2. The highest BCUT2D eigenvalue weighted by Crippen LogP contribution is 2.31. The topological polar surface area (TPSA) is 64.3 Å². The lowest BCUT2D eigenvalue weighted by atomic mass is 9.88. The second kappa shape index (κ2) is 5.91. The summed E-state index contributed by atoms with van der Waals surface area (Å²) in [5.41, 5.74) is 0.507. The van der Waals surface area contributed by atoms with Gasteiger partial charge in [-0.2, -0.15) is 5.26 Å². The van der Waals surface area contributed by atoms with Gasteiger partial charge in [-0.15, -0.1) is 0 Å². The zero-order chi connectivity index (χ0) is 14.7. The Balaban J connectivity index is 2.31. The number of aliphatic carboxylic acids is 1.